The quantitative estimate of drug-likeness (QED) is 0.636. The van der Waals surface area contributed by atoms with Gasteiger partial charge in [-0.3, -0.25) is 4.79 Å². The Morgan fingerprint density at radius 1 is 1.25 bits per heavy atom. The van der Waals surface area contributed by atoms with Gasteiger partial charge in [0.1, 0.15) is 17.5 Å². The first-order chi connectivity index (χ1) is 11.1. The first-order valence-electron chi connectivity index (χ1n) is 7.48. The van der Waals surface area contributed by atoms with Crippen molar-refractivity contribution >= 4 is 17.8 Å². The fraction of sp³-hybridized carbons (Fsp3) is 0.471. The van der Waals surface area contributed by atoms with Crippen LogP contribution in [0.1, 0.15) is 44.0 Å². The third kappa shape index (κ3) is 6.76. The molecule has 0 aliphatic carbocycles. The number of hydrogen-bond acceptors (Lipinski definition) is 5. The van der Waals surface area contributed by atoms with Gasteiger partial charge < -0.3 is 14.8 Å². The number of ketones is 1. The van der Waals surface area contributed by atoms with E-state index in [0.717, 1.165) is 6.07 Å². The molecule has 1 amide bonds. The van der Waals surface area contributed by atoms with Crippen LogP contribution in [0.3, 0.4) is 0 Å². The number of benzene rings is 1. The molecule has 0 saturated carbocycles. The molecule has 0 bridgehead atoms. The molecule has 7 heteroatoms. The standard InChI is InChI=1S/C17H22FNO5/c1-17(2,3)24-16(22)19-13(15(21)23-4)8-9-14(20)11-6-5-7-12(18)10-11/h5-7,10,13H,8-9H2,1-4H3,(H,19,22)/t13-/m1/s1. The number of amides is 1. The van der Waals surface area contributed by atoms with Crippen molar-refractivity contribution < 1.29 is 28.2 Å². The first kappa shape index (κ1) is 19.6. The van der Waals surface area contributed by atoms with Gasteiger partial charge in [-0.2, -0.15) is 0 Å². The average Bonchev–Trinajstić information content (AvgIpc) is 2.48. The van der Waals surface area contributed by atoms with Crippen LogP contribution in [0.5, 0.6) is 0 Å². The summed E-state index contributed by atoms with van der Waals surface area (Å²) < 4.78 is 22.8. The summed E-state index contributed by atoms with van der Waals surface area (Å²) in [6, 6.07) is 4.25. The van der Waals surface area contributed by atoms with E-state index in [1.165, 1.54) is 25.3 Å². The van der Waals surface area contributed by atoms with Crippen LogP contribution in [-0.2, 0) is 14.3 Å². The summed E-state index contributed by atoms with van der Waals surface area (Å²) in [5.74, 6) is -1.54. The Labute approximate surface area is 140 Å². The Kier molecular flexibility index (Phi) is 6.88. The van der Waals surface area contributed by atoms with Crippen LogP contribution in [0.4, 0.5) is 9.18 Å². The van der Waals surface area contributed by atoms with Crippen LogP contribution >= 0.6 is 0 Å². The largest absolute Gasteiger partial charge is 0.467 e. The predicted octanol–water partition coefficient (Wildman–Crippen LogP) is 2.85. The van der Waals surface area contributed by atoms with Crippen molar-refractivity contribution in [3.63, 3.8) is 0 Å². The summed E-state index contributed by atoms with van der Waals surface area (Å²) >= 11 is 0. The molecule has 0 fully saturated rings. The van der Waals surface area contributed by atoms with Gasteiger partial charge in [-0.1, -0.05) is 12.1 Å². The third-order valence-corrected chi connectivity index (χ3v) is 2.98. The minimum Gasteiger partial charge on any atom is -0.467 e. The highest BCUT2D eigenvalue weighted by molar-refractivity contribution is 5.96. The fourth-order valence-corrected chi connectivity index (χ4v) is 1.92. The number of carbonyl (C=O) groups excluding carboxylic acids is 3. The Hall–Kier alpha value is -2.44. The number of esters is 1. The lowest BCUT2D eigenvalue weighted by Crippen LogP contribution is -2.44. The average molecular weight is 339 g/mol. The lowest BCUT2D eigenvalue weighted by Gasteiger charge is -2.22. The van der Waals surface area contributed by atoms with E-state index in [2.05, 4.69) is 10.1 Å². The number of nitrogens with one attached hydrogen (secondary N) is 1. The Morgan fingerprint density at radius 3 is 2.46 bits per heavy atom. The molecule has 0 aliphatic rings. The zero-order valence-electron chi connectivity index (χ0n) is 14.2. The summed E-state index contributed by atoms with van der Waals surface area (Å²) in [6.07, 6.45) is -0.823. The summed E-state index contributed by atoms with van der Waals surface area (Å²) in [4.78, 5) is 35.6. The second-order valence-electron chi connectivity index (χ2n) is 6.19. The summed E-state index contributed by atoms with van der Waals surface area (Å²) in [7, 11) is 1.18. The van der Waals surface area contributed by atoms with E-state index < -0.39 is 29.5 Å². The molecule has 0 aromatic heterocycles. The smallest absolute Gasteiger partial charge is 0.408 e. The minimum absolute atomic E-state index is 0.0151. The zero-order chi connectivity index (χ0) is 18.3. The van der Waals surface area contributed by atoms with Gasteiger partial charge in [0.15, 0.2) is 5.78 Å². The summed E-state index contributed by atoms with van der Waals surface area (Å²) in [5, 5.41) is 2.38. The maximum atomic E-state index is 13.1. The molecular weight excluding hydrogens is 317 g/mol. The van der Waals surface area contributed by atoms with Crippen molar-refractivity contribution in [2.45, 2.75) is 45.3 Å². The van der Waals surface area contributed by atoms with Crippen LogP contribution in [0.2, 0.25) is 0 Å². The van der Waals surface area contributed by atoms with E-state index in [0.29, 0.717) is 0 Å². The molecule has 1 N–H and O–H groups in total. The number of ether oxygens (including phenoxy) is 2. The van der Waals surface area contributed by atoms with Gasteiger partial charge in [0, 0.05) is 12.0 Å². The highest BCUT2D eigenvalue weighted by Crippen LogP contribution is 2.11. The summed E-state index contributed by atoms with van der Waals surface area (Å²) in [6.45, 7) is 5.06. The van der Waals surface area contributed by atoms with Gasteiger partial charge in [-0.25, -0.2) is 14.0 Å². The summed E-state index contributed by atoms with van der Waals surface area (Å²) in [5.41, 5.74) is -0.516. The zero-order valence-corrected chi connectivity index (χ0v) is 14.2. The molecule has 1 aromatic rings. The number of hydrogen-bond donors (Lipinski definition) is 1. The second kappa shape index (κ2) is 8.42. The van der Waals surface area contributed by atoms with E-state index in [4.69, 9.17) is 4.74 Å². The van der Waals surface area contributed by atoms with E-state index in [9.17, 15) is 18.8 Å². The molecule has 6 nitrogen and oxygen atoms in total. The number of Topliss-reactive ketones (excluding diaryl/α,β-unsaturated/α-hetero) is 1. The molecule has 1 aromatic carbocycles. The van der Waals surface area contributed by atoms with Crippen molar-refractivity contribution in [2.24, 2.45) is 0 Å². The van der Waals surface area contributed by atoms with E-state index >= 15 is 0 Å². The van der Waals surface area contributed by atoms with E-state index in [1.807, 2.05) is 0 Å². The highest BCUT2D eigenvalue weighted by atomic mass is 19.1. The Bertz CT molecular complexity index is 609. The van der Waals surface area contributed by atoms with Crippen molar-refractivity contribution in [2.75, 3.05) is 7.11 Å². The van der Waals surface area contributed by atoms with Crippen molar-refractivity contribution in [1.29, 1.82) is 0 Å². The molecule has 0 unspecified atom stereocenters. The maximum Gasteiger partial charge on any atom is 0.408 e. The fourth-order valence-electron chi connectivity index (χ4n) is 1.92. The number of methoxy groups -OCH3 is 1. The molecule has 0 radical (unpaired) electrons. The molecule has 132 valence electrons. The highest BCUT2D eigenvalue weighted by Gasteiger charge is 2.25. The van der Waals surface area contributed by atoms with Crippen LogP contribution in [0.15, 0.2) is 24.3 Å². The van der Waals surface area contributed by atoms with Crippen LogP contribution < -0.4 is 5.32 Å². The van der Waals surface area contributed by atoms with E-state index in [-0.39, 0.29) is 24.2 Å². The number of halogens is 1. The van der Waals surface area contributed by atoms with Crippen LogP contribution in [0, 0.1) is 5.82 Å². The second-order valence-corrected chi connectivity index (χ2v) is 6.19. The molecule has 0 heterocycles. The Morgan fingerprint density at radius 2 is 1.92 bits per heavy atom. The van der Waals surface area contributed by atoms with Crippen molar-refractivity contribution in [1.82, 2.24) is 5.32 Å². The van der Waals surface area contributed by atoms with Gasteiger partial charge in [0.25, 0.3) is 0 Å². The van der Waals surface area contributed by atoms with Gasteiger partial charge in [-0.05, 0) is 39.3 Å². The van der Waals surface area contributed by atoms with Gasteiger partial charge in [0.2, 0.25) is 0 Å². The maximum absolute atomic E-state index is 13.1. The van der Waals surface area contributed by atoms with Gasteiger partial charge in [-0.15, -0.1) is 0 Å². The first-order valence-corrected chi connectivity index (χ1v) is 7.48. The van der Waals surface area contributed by atoms with Gasteiger partial charge >= 0.3 is 12.1 Å². The topological polar surface area (TPSA) is 81.7 Å². The SMILES string of the molecule is COC(=O)[C@@H](CCC(=O)c1cccc(F)c1)NC(=O)OC(C)(C)C. The predicted molar refractivity (Wildman–Crippen MR) is 85.1 cm³/mol. The Balaban J connectivity index is 2.68. The molecule has 24 heavy (non-hydrogen) atoms. The lowest BCUT2D eigenvalue weighted by atomic mass is 10.0. The molecular formula is C17H22FNO5. The molecule has 1 atom stereocenters. The molecule has 0 aliphatic heterocycles. The van der Waals surface area contributed by atoms with Crippen LogP contribution in [-0.4, -0.2) is 36.6 Å². The van der Waals surface area contributed by atoms with Crippen molar-refractivity contribution in [3.05, 3.63) is 35.6 Å². The van der Waals surface area contributed by atoms with Gasteiger partial charge in [0.05, 0.1) is 7.11 Å². The normalized spacial score (nSPS) is 12.2. The van der Waals surface area contributed by atoms with Crippen LogP contribution in [0.25, 0.3) is 0 Å². The molecule has 0 spiro atoms. The monoisotopic (exact) mass is 339 g/mol. The van der Waals surface area contributed by atoms with Crippen molar-refractivity contribution in [3.8, 4) is 0 Å². The number of alkyl carbamates (subject to hydrolysis) is 1. The third-order valence-electron chi connectivity index (χ3n) is 2.98. The minimum atomic E-state index is -1.03. The molecule has 1 rings (SSSR count). The lowest BCUT2D eigenvalue weighted by molar-refractivity contribution is -0.143. The van der Waals surface area contributed by atoms with E-state index in [1.54, 1.807) is 20.8 Å². The number of rotatable bonds is 6. The molecule has 0 saturated heterocycles. The number of carbonyl (C=O) groups is 3.